The molecule has 1 N–H and O–H groups in total. The molecule has 1 spiro atoms. The van der Waals surface area contributed by atoms with Crippen LogP contribution in [0.5, 0.6) is 0 Å². The highest BCUT2D eigenvalue weighted by molar-refractivity contribution is 5.85. The Kier molecular flexibility index (Phi) is 5.95. The van der Waals surface area contributed by atoms with Gasteiger partial charge in [0, 0.05) is 31.9 Å². The molecule has 1 aliphatic carbocycles. The average Bonchev–Trinajstić information content (AvgIpc) is 3.17. The Bertz CT molecular complexity index is 702. The SMILES string of the molecule is CN(Cc1noc2c1CCCC2)C(=O)CN1CC2(CCNCC2)OC1=O.Cl. The van der Waals surface area contributed by atoms with E-state index in [0.29, 0.717) is 13.1 Å². The van der Waals surface area contributed by atoms with E-state index in [2.05, 4.69) is 10.5 Å². The van der Waals surface area contributed by atoms with E-state index in [4.69, 9.17) is 9.26 Å². The molecule has 3 heterocycles. The first kappa shape index (κ1) is 19.9. The van der Waals surface area contributed by atoms with Crippen molar-refractivity contribution >= 4 is 24.4 Å². The van der Waals surface area contributed by atoms with Crippen molar-refractivity contribution in [3.63, 3.8) is 0 Å². The van der Waals surface area contributed by atoms with Crippen LogP contribution < -0.4 is 5.32 Å². The summed E-state index contributed by atoms with van der Waals surface area (Å²) in [7, 11) is 1.74. The van der Waals surface area contributed by atoms with Gasteiger partial charge in [-0.25, -0.2) is 4.79 Å². The van der Waals surface area contributed by atoms with Crippen molar-refractivity contribution in [3.05, 3.63) is 17.0 Å². The molecule has 2 aliphatic heterocycles. The third kappa shape index (κ3) is 4.06. The molecule has 150 valence electrons. The highest BCUT2D eigenvalue weighted by atomic mass is 35.5. The first-order chi connectivity index (χ1) is 12.6. The molecule has 0 aromatic carbocycles. The number of nitrogens with one attached hydrogen (secondary N) is 1. The maximum atomic E-state index is 12.6. The van der Waals surface area contributed by atoms with E-state index in [-0.39, 0.29) is 31.0 Å². The number of piperidine rings is 1. The molecule has 2 fully saturated rings. The fourth-order valence-electron chi connectivity index (χ4n) is 4.13. The van der Waals surface area contributed by atoms with Crippen LogP contribution in [0.3, 0.4) is 0 Å². The Morgan fingerprint density at radius 1 is 1.30 bits per heavy atom. The van der Waals surface area contributed by atoms with Gasteiger partial charge in [-0.1, -0.05) is 5.16 Å². The number of likely N-dealkylation sites (N-methyl/N-ethyl adjacent to an activating group) is 1. The van der Waals surface area contributed by atoms with Crippen molar-refractivity contribution < 1.29 is 18.8 Å². The summed E-state index contributed by atoms with van der Waals surface area (Å²) >= 11 is 0. The lowest BCUT2D eigenvalue weighted by atomic mass is 9.92. The van der Waals surface area contributed by atoms with Crippen molar-refractivity contribution in [1.29, 1.82) is 0 Å². The maximum absolute atomic E-state index is 12.6. The molecule has 2 amide bonds. The van der Waals surface area contributed by atoms with Crippen molar-refractivity contribution in [2.24, 2.45) is 0 Å². The Morgan fingerprint density at radius 3 is 2.81 bits per heavy atom. The van der Waals surface area contributed by atoms with E-state index in [1.165, 1.54) is 4.90 Å². The second kappa shape index (κ2) is 8.06. The third-order valence-corrected chi connectivity index (χ3v) is 5.73. The number of hydrogen-bond acceptors (Lipinski definition) is 6. The molecule has 4 rings (SSSR count). The van der Waals surface area contributed by atoms with Crippen molar-refractivity contribution in [1.82, 2.24) is 20.3 Å². The van der Waals surface area contributed by atoms with Crippen molar-refractivity contribution in [2.45, 2.75) is 50.7 Å². The van der Waals surface area contributed by atoms with E-state index in [1.54, 1.807) is 11.9 Å². The van der Waals surface area contributed by atoms with E-state index >= 15 is 0 Å². The minimum Gasteiger partial charge on any atom is -0.441 e. The first-order valence-electron chi connectivity index (χ1n) is 9.45. The molecule has 0 bridgehead atoms. The maximum Gasteiger partial charge on any atom is 0.410 e. The van der Waals surface area contributed by atoms with Gasteiger partial charge in [-0.05, 0) is 32.4 Å². The van der Waals surface area contributed by atoms with Crippen LogP contribution in [0.25, 0.3) is 0 Å². The van der Waals surface area contributed by atoms with Crippen LogP contribution in [-0.2, 0) is 28.9 Å². The normalized spacial score (nSPS) is 20.8. The van der Waals surface area contributed by atoms with Crippen molar-refractivity contribution in [2.75, 3.05) is 33.2 Å². The summed E-state index contributed by atoms with van der Waals surface area (Å²) in [5.41, 5.74) is 1.58. The molecule has 1 aromatic heterocycles. The summed E-state index contributed by atoms with van der Waals surface area (Å²) in [5, 5.41) is 7.43. The molecule has 1 aromatic rings. The van der Waals surface area contributed by atoms with E-state index in [1.807, 2.05) is 0 Å². The number of amides is 2. The Labute approximate surface area is 165 Å². The number of fused-ring (bicyclic) bond motifs is 1. The third-order valence-electron chi connectivity index (χ3n) is 5.73. The molecule has 27 heavy (non-hydrogen) atoms. The molecule has 2 saturated heterocycles. The van der Waals surface area contributed by atoms with Gasteiger partial charge in [-0.3, -0.25) is 9.69 Å². The Balaban J connectivity index is 0.00000210. The number of aromatic nitrogens is 1. The largest absolute Gasteiger partial charge is 0.441 e. The van der Waals surface area contributed by atoms with Crippen LogP contribution in [0.1, 0.15) is 42.7 Å². The highest BCUT2D eigenvalue weighted by Gasteiger charge is 2.46. The Morgan fingerprint density at radius 2 is 2.04 bits per heavy atom. The summed E-state index contributed by atoms with van der Waals surface area (Å²) in [4.78, 5) is 28.0. The predicted molar refractivity (Wildman–Crippen MR) is 99.8 cm³/mol. The van der Waals surface area contributed by atoms with Gasteiger partial charge in [0.1, 0.15) is 23.6 Å². The van der Waals surface area contributed by atoms with Gasteiger partial charge in [0.15, 0.2) is 0 Å². The zero-order chi connectivity index (χ0) is 18.1. The molecule has 8 nitrogen and oxygen atoms in total. The van der Waals surface area contributed by atoms with Gasteiger partial charge in [0.25, 0.3) is 0 Å². The standard InChI is InChI=1S/C18H26N4O4.ClH/c1-21(10-14-13-4-2-3-5-15(13)26-20-14)16(23)11-22-12-18(25-17(22)24)6-8-19-9-7-18;/h19H,2-12H2,1H3;1H. The Hall–Kier alpha value is -1.80. The second-order valence-corrected chi connectivity index (χ2v) is 7.64. The van der Waals surface area contributed by atoms with E-state index in [9.17, 15) is 9.59 Å². The minimum absolute atomic E-state index is 0. The number of ether oxygens (including phenoxy) is 1. The number of hydrogen-bond donors (Lipinski definition) is 1. The monoisotopic (exact) mass is 398 g/mol. The van der Waals surface area contributed by atoms with Crippen LogP contribution >= 0.6 is 12.4 Å². The predicted octanol–water partition coefficient (Wildman–Crippen LogP) is 1.51. The summed E-state index contributed by atoms with van der Waals surface area (Å²) in [5.74, 6) is 0.851. The molecular weight excluding hydrogens is 372 g/mol. The van der Waals surface area contributed by atoms with Crippen LogP contribution in [0.2, 0.25) is 0 Å². The molecular formula is C18H27ClN4O4. The van der Waals surface area contributed by atoms with E-state index < -0.39 is 5.60 Å². The van der Waals surface area contributed by atoms with Crippen LogP contribution in [0.4, 0.5) is 4.79 Å². The fraction of sp³-hybridized carbons (Fsp3) is 0.722. The summed E-state index contributed by atoms with van der Waals surface area (Å²) < 4.78 is 11.0. The highest BCUT2D eigenvalue weighted by Crippen LogP contribution is 2.31. The average molecular weight is 399 g/mol. The number of nitrogens with zero attached hydrogens (tertiary/aromatic N) is 3. The van der Waals surface area contributed by atoms with Crippen LogP contribution in [-0.4, -0.2) is 65.8 Å². The summed E-state index contributed by atoms with van der Waals surface area (Å²) in [6, 6.07) is 0. The van der Waals surface area contributed by atoms with Gasteiger partial charge in [-0.2, -0.15) is 0 Å². The van der Waals surface area contributed by atoms with Gasteiger partial charge < -0.3 is 19.5 Å². The molecule has 0 unspecified atom stereocenters. The molecule has 3 aliphatic rings. The fourth-order valence-corrected chi connectivity index (χ4v) is 4.13. The molecule has 0 radical (unpaired) electrons. The van der Waals surface area contributed by atoms with Gasteiger partial charge in [-0.15, -0.1) is 12.4 Å². The van der Waals surface area contributed by atoms with Crippen LogP contribution in [0.15, 0.2) is 4.52 Å². The first-order valence-corrected chi connectivity index (χ1v) is 9.45. The lowest BCUT2D eigenvalue weighted by molar-refractivity contribution is -0.131. The topological polar surface area (TPSA) is 87.9 Å². The number of halogens is 1. The minimum atomic E-state index is -0.424. The second-order valence-electron chi connectivity index (χ2n) is 7.64. The number of carbonyl (C=O) groups excluding carboxylic acids is 2. The zero-order valence-corrected chi connectivity index (χ0v) is 16.5. The molecule has 9 heteroatoms. The lowest BCUT2D eigenvalue weighted by Gasteiger charge is -2.31. The van der Waals surface area contributed by atoms with Gasteiger partial charge in [0.2, 0.25) is 5.91 Å². The van der Waals surface area contributed by atoms with Crippen molar-refractivity contribution in [3.8, 4) is 0 Å². The smallest absolute Gasteiger partial charge is 0.410 e. The van der Waals surface area contributed by atoms with Gasteiger partial charge >= 0.3 is 6.09 Å². The molecule has 0 saturated carbocycles. The number of aryl methyl sites for hydroxylation is 1. The number of carbonyl (C=O) groups is 2. The van der Waals surface area contributed by atoms with Gasteiger partial charge in [0.05, 0.1) is 13.1 Å². The number of rotatable bonds is 4. The lowest BCUT2D eigenvalue weighted by Crippen LogP contribution is -2.46. The zero-order valence-electron chi connectivity index (χ0n) is 15.7. The van der Waals surface area contributed by atoms with Crippen LogP contribution in [0, 0.1) is 0 Å². The summed E-state index contributed by atoms with van der Waals surface area (Å²) in [6.45, 7) is 2.63. The quantitative estimate of drug-likeness (QED) is 0.827. The summed E-state index contributed by atoms with van der Waals surface area (Å²) in [6.07, 6.45) is 5.36. The van der Waals surface area contributed by atoms with E-state index in [0.717, 1.165) is 68.6 Å². The molecule has 0 atom stereocenters.